The fourth-order valence-corrected chi connectivity index (χ4v) is 7.60. The van der Waals surface area contributed by atoms with E-state index in [0.29, 0.717) is 50.5 Å². The zero-order valence-electron chi connectivity index (χ0n) is 26.5. The molecule has 0 unspecified atom stereocenters. The van der Waals surface area contributed by atoms with Crippen molar-refractivity contribution < 1.29 is 43.6 Å². The van der Waals surface area contributed by atoms with Crippen LogP contribution in [0.25, 0.3) is 0 Å². The summed E-state index contributed by atoms with van der Waals surface area (Å²) in [5, 5.41) is 24.8. The van der Waals surface area contributed by atoms with E-state index in [1.165, 1.54) is 4.90 Å². The minimum absolute atomic E-state index is 0.0339. The maximum atomic E-state index is 14.2. The summed E-state index contributed by atoms with van der Waals surface area (Å²) in [6.45, 7) is 4.35. The summed E-state index contributed by atoms with van der Waals surface area (Å²) in [6.07, 6.45) is -3.28. The number of hydrogen-bond donors (Lipinski definition) is 3. The number of carbonyl (C=O) groups is 4. The average molecular weight is 644 g/mol. The van der Waals surface area contributed by atoms with Gasteiger partial charge in [0, 0.05) is 70.4 Å². The zero-order valence-corrected chi connectivity index (χ0v) is 26.5. The molecule has 4 amide bonds. The van der Waals surface area contributed by atoms with Gasteiger partial charge >= 0.3 is 0 Å². The van der Waals surface area contributed by atoms with E-state index in [1.54, 1.807) is 43.2 Å². The van der Waals surface area contributed by atoms with Gasteiger partial charge in [-0.25, -0.2) is 0 Å². The predicted octanol–water partition coefficient (Wildman–Crippen LogP) is -1.17. The topological polar surface area (TPSA) is 161 Å². The number of rotatable bonds is 3. The van der Waals surface area contributed by atoms with Crippen LogP contribution in [0.2, 0.25) is 0 Å². The molecule has 0 aliphatic carbocycles. The summed E-state index contributed by atoms with van der Waals surface area (Å²) in [5.41, 5.74) is 0.395. The molecule has 1 aromatic carbocycles. The summed E-state index contributed by atoms with van der Waals surface area (Å²) in [4.78, 5) is 60.5. The highest BCUT2D eigenvalue weighted by molar-refractivity contribution is 5.94. The van der Waals surface area contributed by atoms with E-state index in [-0.39, 0.29) is 61.8 Å². The van der Waals surface area contributed by atoms with Gasteiger partial charge < -0.3 is 44.4 Å². The smallest absolute Gasteiger partial charge is 0.254 e. The third-order valence-corrected chi connectivity index (χ3v) is 10.1. The second-order valence-corrected chi connectivity index (χ2v) is 13.1. The van der Waals surface area contributed by atoms with Crippen molar-refractivity contribution in [3.8, 4) is 5.75 Å². The van der Waals surface area contributed by atoms with Crippen LogP contribution in [0.1, 0.15) is 43.0 Å². The Morgan fingerprint density at radius 1 is 0.935 bits per heavy atom. The Hall–Kier alpha value is -3.30. The molecule has 7 atom stereocenters. The number of benzene rings is 1. The Bertz CT molecular complexity index is 1290. The highest BCUT2D eigenvalue weighted by atomic mass is 16.5. The lowest BCUT2D eigenvalue weighted by molar-refractivity contribution is -0.145. The van der Waals surface area contributed by atoms with E-state index >= 15 is 0 Å². The van der Waals surface area contributed by atoms with E-state index < -0.39 is 36.6 Å². The van der Waals surface area contributed by atoms with Gasteiger partial charge in [0.05, 0.1) is 38.4 Å². The lowest BCUT2D eigenvalue weighted by Crippen LogP contribution is -2.57. The average Bonchev–Trinajstić information content (AvgIpc) is 3.59. The number of nitrogens with zero attached hydrogens (tertiary/aromatic N) is 4. The molecule has 5 saturated heterocycles. The van der Waals surface area contributed by atoms with Gasteiger partial charge in [-0.05, 0) is 43.5 Å². The third kappa shape index (κ3) is 6.86. The number of nitrogens with one attached hydrogen (secondary N) is 1. The first kappa shape index (κ1) is 32.6. The molecule has 0 saturated carbocycles. The monoisotopic (exact) mass is 643 g/mol. The fraction of sp³-hybridized carbons (Fsp3) is 0.688. The van der Waals surface area contributed by atoms with Gasteiger partial charge in [-0.3, -0.25) is 24.1 Å². The molecule has 14 heteroatoms. The van der Waals surface area contributed by atoms with Crippen LogP contribution in [0.5, 0.6) is 5.75 Å². The van der Waals surface area contributed by atoms with Crippen LogP contribution in [-0.4, -0.2) is 162 Å². The number of hydrogen-bond acceptors (Lipinski definition) is 10. The van der Waals surface area contributed by atoms with Gasteiger partial charge in [-0.2, -0.15) is 0 Å². The molecule has 5 fully saturated rings. The molecule has 5 aliphatic rings. The minimum Gasteiger partial charge on any atom is -0.497 e. The second kappa shape index (κ2) is 13.8. The zero-order chi connectivity index (χ0) is 32.5. The number of carbonyl (C=O) groups excluding carboxylic acids is 4. The van der Waals surface area contributed by atoms with Crippen LogP contribution in [0.3, 0.4) is 0 Å². The molecule has 6 rings (SSSR count). The summed E-state index contributed by atoms with van der Waals surface area (Å²) in [5.74, 6) is -0.0678. The lowest BCUT2D eigenvalue weighted by atomic mass is 10.0. The van der Waals surface area contributed by atoms with Crippen LogP contribution in [0, 0.1) is 0 Å². The number of likely N-dealkylation sites (tertiary alicyclic amines) is 2. The van der Waals surface area contributed by atoms with Crippen molar-refractivity contribution >= 4 is 23.6 Å². The maximum absolute atomic E-state index is 14.2. The Morgan fingerprint density at radius 3 is 2.35 bits per heavy atom. The number of aliphatic hydroxyl groups excluding tert-OH is 2. The van der Waals surface area contributed by atoms with Gasteiger partial charge in [0.15, 0.2) is 0 Å². The van der Waals surface area contributed by atoms with Crippen LogP contribution >= 0.6 is 0 Å². The number of morpholine rings is 1. The molecule has 0 radical (unpaired) electrons. The first-order chi connectivity index (χ1) is 22.1. The molecule has 5 aliphatic heterocycles. The largest absolute Gasteiger partial charge is 0.497 e. The van der Waals surface area contributed by atoms with Gasteiger partial charge in [0.2, 0.25) is 17.7 Å². The second-order valence-electron chi connectivity index (χ2n) is 13.1. The molecule has 3 N–H and O–H groups in total. The molecule has 0 aromatic heterocycles. The van der Waals surface area contributed by atoms with Crippen molar-refractivity contribution in [2.75, 3.05) is 59.5 Å². The van der Waals surface area contributed by atoms with E-state index in [4.69, 9.17) is 14.2 Å². The molecule has 46 heavy (non-hydrogen) atoms. The number of amides is 4. The SMILES string of the molecule is COc1ccc(C(=O)N2C[C@@H]3CN(CCO3)C(=O)[C@@H]3C[C@@H](CN3C3CCN(C(C)=O)CC3)NC(=O)C[C@@H]3O[C@H](C2)[C@@H](O)[C@H]3O)cc1. The normalized spacial score (nSPS) is 33.2. The van der Waals surface area contributed by atoms with Crippen molar-refractivity contribution in [1.82, 2.24) is 24.9 Å². The van der Waals surface area contributed by atoms with E-state index in [2.05, 4.69) is 10.2 Å². The van der Waals surface area contributed by atoms with Gasteiger partial charge in [0.1, 0.15) is 24.1 Å². The highest BCUT2D eigenvalue weighted by Gasteiger charge is 2.47. The van der Waals surface area contributed by atoms with Gasteiger partial charge in [-0.1, -0.05) is 0 Å². The van der Waals surface area contributed by atoms with E-state index in [0.717, 1.165) is 12.8 Å². The number of methoxy groups -OCH3 is 1. The van der Waals surface area contributed by atoms with E-state index in [1.807, 2.05) is 4.90 Å². The highest BCUT2D eigenvalue weighted by Crippen LogP contribution is 2.30. The molecular formula is C32H45N5O9. The number of ether oxygens (including phenoxy) is 3. The summed E-state index contributed by atoms with van der Waals surface area (Å²) >= 11 is 0. The molecule has 6 bridgehead atoms. The number of aliphatic hydroxyl groups is 2. The lowest BCUT2D eigenvalue weighted by Gasteiger charge is -2.41. The third-order valence-electron chi connectivity index (χ3n) is 10.1. The van der Waals surface area contributed by atoms with Crippen LogP contribution in [0.15, 0.2) is 24.3 Å². The van der Waals surface area contributed by atoms with Crippen LogP contribution in [-0.2, 0) is 23.9 Å². The minimum atomic E-state index is -1.31. The summed E-state index contributed by atoms with van der Waals surface area (Å²) < 4.78 is 17.4. The molecule has 5 heterocycles. The molecular weight excluding hydrogens is 598 g/mol. The van der Waals surface area contributed by atoms with Crippen molar-refractivity contribution in [2.45, 2.75) is 81.3 Å². The standard InChI is InChI=1S/C32H45N5O9/c1-19(38)34-9-7-22(8-10-34)37-15-21-13-25(37)32(43)35-11-12-45-24(16-35)17-36(31(42)20-3-5-23(44-2)6-4-20)18-27-30(41)29(40)26(46-27)14-28(39)33-21/h3-6,21-22,24-27,29-30,40-41H,7-18H2,1-2H3,(H,33,39)/t21-,24-,25-,26-,27+,29-,30+/m0/s1. The van der Waals surface area contributed by atoms with Crippen LogP contribution in [0.4, 0.5) is 0 Å². The Balaban J connectivity index is 1.26. The number of piperidine rings is 1. The van der Waals surface area contributed by atoms with Crippen molar-refractivity contribution in [2.24, 2.45) is 0 Å². The summed E-state index contributed by atoms with van der Waals surface area (Å²) in [6, 6.07) is 6.02. The quantitative estimate of drug-likeness (QED) is 0.366. The first-order valence-electron chi connectivity index (χ1n) is 16.3. The fourth-order valence-electron chi connectivity index (χ4n) is 7.60. The molecule has 0 spiro atoms. The summed E-state index contributed by atoms with van der Waals surface area (Å²) in [7, 11) is 1.54. The van der Waals surface area contributed by atoms with Crippen molar-refractivity contribution in [3.63, 3.8) is 0 Å². The van der Waals surface area contributed by atoms with Crippen molar-refractivity contribution in [1.29, 1.82) is 0 Å². The first-order valence-corrected chi connectivity index (χ1v) is 16.3. The van der Waals surface area contributed by atoms with Gasteiger partial charge in [0.25, 0.3) is 5.91 Å². The Labute approximate surface area is 268 Å². The Kier molecular flexibility index (Phi) is 9.80. The van der Waals surface area contributed by atoms with E-state index in [9.17, 15) is 29.4 Å². The molecule has 14 nitrogen and oxygen atoms in total. The van der Waals surface area contributed by atoms with Crippen molar-refractivity contribution in [3.05, 3.63) is 29.8 Å². The van der Waals surface area contributed by atoms with Crippen LogP contribution < -0.4 is 10.1 Å². The Morgan fingerprint density at radius 2 is 1.65 bits per heavy atom. The molecule has 1 aromatic rings. The number of fused-ring (bicyclic) bond motifs is 6. The molecule has 252 valence electrons. The predicted molar refractivity (Wildman–Crippen MR) is 163 cm³/mol. The van der Waals surface area contributed by atoms with Gasteiger partial charge in [-0.15, -0.1) is 0 Å². The maximum Gasteiger partial charge on any atom is 0.254 e.